The summed E-state index contributed by atoms with van der Waals surface area (Å²) in [5.74, 6) is 0. The van der Waals surface area contributed by atoms with E-state index in [-0.39, 0.29) is 41.1 Å². The Kier molecular flexibility index (Phi) is 11.6. The maximum absolute atomic E-state index is 12.9. The van der Waals surface area contributed by atoms with Gasteiger partial charge in [0, 0.05) is 26.2 Å². The molecule has 2 rings (SSSR count). The first-order valence-corrected chi connectivity index (χ1v) is 12.5. The number of benzene rings is 2. The van der Waals surface area contributed by atoms with E-state index in [0.717, 1.165) is 24.3 Å². The molecule has 2 aromatic rings. The van der Waals surface area contributed by atoms with Gasteiger partial charge in [0.2, 0.25) is 0 Å². The number of halogens is 8. The fraction of sp³-hybridized carbons (Fsp3) is 0.417. The van der Waals surface area contributed by atoms with E-state index >= 15 is 0 Å². The Bertz CT molecular complexity index is 1140. The molecule has 0 unspecified atom stereocenters. The van der Waals surface area contributed by atoms with Gasteiger partial charge in [-0.15, -0.1) is 0 Å². The van der Waals surface area contributed by atoms with Gasteiger partial charge in [-0.25, -0.2) is 9.59 Å². The van der Waals surface area contributed by atoms with E-state index < -0.39 is 35.5 Å². The number of anilines is 2. The second-order valence-electron chi connectivity index (χ2n) is 8.21. The minimum Gasteiger partial charge on any atom is -0.336 e. The third kappa shape index (κ3) is 9.97. The van der Waals surface area contributed by atoms with E-state index in [1.165, 1.54) is 4.90 Å². The predicted octanol–water partition coefficient (Wildman–Crippen LogP) is 7.03. The summed E-state index contributed by atoms with van der Waals surface area (Å²) in [7, 11) is 0. The van der Waals surface area contributed by atoms with Crippen LogP contribution in [0.4, 0.5) is 47.3 Å². The van der Waals surface area contributed by atoms with Gasteiger partial charge in [-0.3, -0.25) is 0 Å². The predicted molar refractivity (Wildman–Crippen MR) is 138 cm³/mol. The number of alkyl halides is 6. The van der Waals surface area contributed by atoms with Crippen LogP contribution >= 0.6 is 23.2 Å². The summed E-state index contributed by atoms with van der Waals surface area (Å²) in [5.41, 5.74) is -2.01. The highest BCUT2D eigenvalue weighted by Crippen LogP contribution is 2.34. The van der Waals surface area contributed by atoms with Crippen molar-refractivity contribution in [3.63, 3.8) is 0 Å². The number of carbonyl (C=O) groups is 2. The van der Waals surface area contributed by atoms with Crippen molar-refractivity contribution >= 4 is 46.6 Å². The monoisotopic (exact) mass is 601 g/mol. The van der Waals surface area contributed by atoms with Crippen LogP contribution in [0, 0.1) is 0 Å². The SMILES string of the molecule is CCN(CC)CCN(CCNC(=O)Nc1ccc(C(F)(F)F)cc1Cl)C(=O)Nc1ccc(C(F)(F)F)cc1Cl. The molecule has 0 fully saturated rings. The van der Waals surface area contributed by atoms with Gasteiger partial charge < -0.3 is 25.8 Å². The first kappa shape index (κ1) is 32.3. The molecule has 0 atom stereocenters. The number of hydrogen-bond donors (Lipinski definition) is 3. The molecule has 0 spiro atoms. The largest absolute Gasteiger partial charge is 0.416 e. The van der Waals surface area contributed by atoms with Crippen molar-refractivity contribution in [2.24, 2.45) is 0 Å². The van der Waals surface area contributed by atoms with Crippen molar-refractivity contribution in [1.82, 2.24) is 15.1 Å². The van der Waals surface area contributed by atoms with Crippen LogP contribution in [-0.4, -0.2) is 61.1 Å². The lowest BCUT2D eigenvalue weighted by molar-refractivity contribution is -0.138. The second kappa shape index (κ2) is 13.9. The van der Waals surface area contributed by atoms with Crippen LogP contribution < -0.4 is 16.0 Å². The fourth-order valence-electron chi connectivity index (χ4n) is 3.37. The van der Waals surface area contributed by atoms with Gasteiger partial charge in [-0.2, -0.15) is 26.3 Å². The van der Waals surface area contributed by atoms with Crippen molar-refractivity contribution in [3.8, 4) is 0 Å². The standard InChI is InChI=1S/C24H27Cl2F6N5O2/c1-3-36(4-2)11-12-37(22(39)35-20-8-6-16(14-18(20)26)24(30,31)32)10-9-33-21(38)34-19-7-5-15(13-17(19)25)23(27,28)29/h5-8,13-14H,3-4,9-12H2,1-2H3,(H,35,39)(H2,33,34,38). The number of amides is 4. The molecule has 0 saturated heterocycles. The van der Waals surface area contributed by atoms with E-state index in [1.54, 1.807) is 0 Å². The molecule has 0 aromatic heterocycles. The first-order valence-electron chi connectivity index (χ1n) is 11.7. The highest BCUT2D eigenvalue weighted by Gasteiger charge is 2.32. The van der Waals surface area contributed by atoms with Crippen LogP contribution in [0.2, 0.25) is 10.0 Å². The molecule has 3 N–H and O–H groups in total. The summed E-state index contributed by atoms with van der Waals surface area (Å²) in [6.45, 7) is 5.95. The van der Waals surface area contributed by atoms with Gasteiger partial charge in [0.25, 0.3) is 0 Å². The summed E-state index contributed by atoms with van der Waals surface area (Å²) in [6, 6.07) is 3.59. The molecular weight excluding hydrogens is 575 g/mol. The quantitative estimate of drug-likeness (QED) is 0.256. The summed E-state index contributed by atoms with van der Waals surface area (Å²) >= 11 is 11.8. The van der Waals surface area contributed by atoms with E-state index in [2.05, 4.69) is 16.0 Å². The molecule has 0 heterocycles. The van der Waals surface area contributed by atoms with Gasteiger partial charge in [0.05, 0.1) is 32.5 Å². The van der Waals surface area contributed by atoms with Crippen LogP contribution in [0.5, 0.6) is 0 Å². The summed E-state index contributed by atoms with van der Waals surface area (Å²) < 4.78 is 77.1. The molecule has 0 radical (unpaired) electrons. The van der Waals surface area contributed by atoms with Gasteiger partial charge >= 0.3 is 24.4 Å². The molecule has 15 heteroatoms. The van der Waals surface area contributed by atoms with Gasteiger partial charge in [-0.05, 0) is 49.5 Å². The average molecular weight is 602 g/mol. The van der Waals surface area contributed by atoms with Crippen LogP contribution in [-0.2, 0) is 12.4 Å². The number of likely N-dealkylation sites (N-methyl/N-ethyl adjacent to an activating group) is 1. The number of hydrogen-bond acceptors (Lipinski definition) is 3. The normalized spacial score (nSPS) is 11.9. The van der Waals surface area contributed by atoms with Crippen molar-refractivity contribution in [2.45, 2.75) is 26.2 Å². The molecule has 216 valence electrons. The van der Waals surface area contributed by atoms with E-state index in [1.807, 2.05) is 18.7 Å². The smallest absolute Gasteiger partial charge is 0.336 e. The maximum Gasteiger partial charge on any atom is 0.416 e. The van der Waals surface area contributed by atoms with Gasteiger partial charge in [0.1, 0.15) is 0 Å². The zero-order chi connectivity index (χ0) is 29.4. The third-order valence-corrected chi connectivity index (χ3v) is 6.24. The van der Waals surface area contributed by atoms with Gasteiger partial charge in [-0.1, -0.05) is 37.0 Å². The van der Waals surface area contributed by atoms with Crippen LogP contribution in [0.25, 0.3) is 0 Å². The van der Waals surface area contributed by atoms with Crippen molar-refractivity contribution in [2.75, 3.05) is 49.9 Å². The van der Waals surface area contributed by atoms with Crippen LogP contribution in [0.3, 0.4) is 0 Å². The van der Waals surface area contributed by atoms with Crippen molar-refractivity contribution in [1.29, 1.82) is 0 Å². The lowest BCUT2D eigenvalue weighted by atomic mass is 10.2. The van der Waals surface area contributed by atoms with Crippen molar-refractivity contribution < 1.29 is 35.9 Å². The van der Waals surface area contributed by atoms with E-state index in [0.29, 0.717) is 31.8 Å². The van der Waals surface area contributed by atoms with Gasteiger partial charge in [0.15, 0.2) is 0 Å². The number of nitrogens with one attached hydrogen (secondary N) is 3. The topological polar surface area (TPSA) is 76.7 Å². The number of urea groups is 2. The zero-order valence-corrected chi connectivity index (χ0v) is 22.5. The maximum atomic E-state index is 12.9. The molecule has 39 heavy (non-hydrogen) atoms. The zero-order valence-electron chi connectivity index (χ0n) is 20.9. The highest BCUT2D eigenvalue weighted by atomic mass is 35.5. The lowest BCUT2D eigenvalue weighted by Gasteiger charge is -2.27. The molecule has 4 amide bonds. The first-order chi connectivity index (χ1) is 18.1. The Morgan fingerprint density at radius 2 is 1.26 bits per heavy atom. The molecular formula is C24H27Cl2F6N5O2. The molecule has 0 saturated carbocycles. The second-order valence-corrected chi connectivity index (χ2v) is 9.02. The summed E-state index contributed by atoms with van der Waals surface area (Å²) in [6.07, 6.45) is -9.19. The highest BCUT2D eigenvalue weighted by molar-refractivity contribution is 6.34. The average Bonchev–Trinajstić information content (AvgIpc) is 2.84. The minimum absolute atomic E-state index is 0.000477. The number of rotatable bonds is 10. The number of carbonyl (C=O) groups excluding carboxylic acids is 2. The van der Waals surface area contributed by atoms with Crippen molar-refractivity contribution in [3.05, 3.63) is 57.6 Å². The molecule has 0 bridgehead atoms. The van der Waals surface area contributed by atoms with E-state index in [4.69, 9.17) is 23.2 Å². The Hall–Kier alpha value is -2.90. The third-order valence-electron chi connectivity index (χ3n) is 5.62. The fourth-order valence-corrected chi connectivity index (χ4v) is 3.82. The minimum atomic E-state index is -4.60. The molecule has 0 aliphatic heterocycles. The summed E-state index contributed by atoms with van der Waals surface area (Å²) in [5, 5.41) is 6.70. The Balaban J connectivity index is 2.04. The summed E-state index contributed by atoms with van der Waals surface area (Å²) in [4.78, 5) is 28.6. The van der Waals surface area contributed by atoms with Crippen LogP contribution in [0.15, 0.2) is 36.4 Å². The Labute approximate surface area is 231 Å². The van der Waals surface area contributed by atoms with Crippen LogP contribution in [0.1, 0.15) is 25.0 Å². The molecule has 7 nitrogen and oxygen atoms in total. The molecule has 0 aliphatic carbocycles. The Morgan fingerprint density at radius 3 is 1.69 bits per heavy atom. The molecule has 0 aliphatic rings. The lowest BCUT2D eigenvalue weighted by Crippen LogP contribution is -2.45. The Morgan fingerprint density at radius 1 is 0.769 bits per heavy atom. The number of nitrogens with zero attached hydrogens (tertiary/aromatic N) is 2. The molecule has 2 aromatic carbocycles. The van der Waals surface area contributed by atoms with E-state index in [9.17, 15) is 35.9 Å².